The van der Waals surface area contributed by atoms with E-state index in [1.54, 1.807) is 0 Å². The predicted octanol–water partition coefficient (Wildman–Crippen LogP) is 7.17. The maximum absolute atomic E-state index is 13.8. The molecule has 57 heavy (non-hydrogen) atoms. The standard InChI is InChI=1S/C45H47N5O7/c51-41(25-27-47-44(54)56-31-35-18-9-3-10-19-35)48-38-28-37(42(52)46-26-13-22-33-14-5-1-6-15-33)29-39(30-38)49-43(53)40(24-23-34-16-7-2-8-17-34)50-45(55)57-32-36-20-11-4-12-21-36/h1-12,14-21,28-30,40H,13,22-27,31-32H2,(H,46,52)(H,47,54)(H,48,51)(H,49,53)(H,50,55)/t40-/m0/s1. The van der Waals surface area contributed by atoms with Gasteiger partial charge in [0.2, 0.25) is 11.8 Å². The number of hydrogen-bond donors (Lipinski definition) is 5. The number of nitrogens with one attached hydrogen (secondary N) is 5. The van der Waals surface area contributed by atoms with Crippen molar-refractivity contribution in [3.63, 3.8) is 0 Å². The zero-order valence-electron chi connectivity index (χ0n) is 31.6. The third kappa shape index (κ3) is 15.0. The van der Waals surface area contributed by atoms with Gasteiger partial charge in [0.1, 0.15) is 19.3 Å². The number of ether oxygens (including phenoxy) is 2. The molecule has 0 aliphatic rings. The van der Waals surface area contributed by atoms with Gasteiger partial charge >= 0.3 is 12.2 Å². The first kappa shape index (κ1) is 41.2. The summed E-state index contributed by atoms with van der Waals surface area (Å²) < 4.78 is 10.6. The molecule has 0 unspecified atom stereocenters. The van der Waals surface area contributed by atoms with Crippen LogP contribution in [0.2, 0.25) is 0 Å². The minimum atomic E-state index is -1.00. The summed E-state index contributed by atoms with van der Waals surface area (Å²) >= 11 is 0. The van der Waals surface area contributed by atoms with Crippen molar-refractivity contribution in [2.75, 3.05) is 23.7 Å². The summed E-state index contributed by atoms with van der Waals surface area (Å²) in [5.41, 5.74) is 4.41. The van der Waals surface area contributed by atoms with Gasteiger partial charge in [-0.25, -0.2) is 9.59 Å². The lowest BCUT2D eigenvalue weighted by molar-refractivity contribution is -0.118. The fourth-order valence-electron chi connectivity index (χ4n) is 5.78. The second-order valence-electron chi connectivity index (χ2n) is 13.2. The van der Waals surface area contributed by atoms with Crippen molar-refractivity contribution in [1.29, 1.82) is 0 Å². The molecule has 5 rings (SSSR count). The molecule has 5 amide bonds. The normalized spacial score (nSPS) is 11.0. The van der Waals surface area contributed by atoms with E-state index in [1.165, 1.54) is 18.2 Å². The number of alkyl carbamates (subject to hydrolysis) is 2. The maximum Gasteiger partial charge on any atom is 0.408 e. The molecule has 5 N–H and O–H groups in total. The Morgan fingerprint density at radius 2 is 1.04 bits per heavy atom. The van der Waals surface area contributed by atoms with Gasteiger partial charge in [-0.2, -0.15) is 0 Å². The molecular formula is C45H47N5O7. The quantitative estimate of drug-likeness (QED) is 0.0556. The van der Waals surface area contributed by atoms with Crippen LogP contribution in [0.3, 0.4) is 0 Å². The van der Waals surface area contributed by atoms with Gasteiger partial charge in [-0.15, -0.1) is 0 Å². The van der Waals surface area contributed by atoms with Crippen LogP contribution in [0, 0.1) is 0 Å². The average Bonchev–Trinajstić information content (AvgIpc) is 3.23. The summed E-state index contributed by atoms with van der Waals surface area (Å²) in [4.78, 5) is 65.3. The molecule has 0 saturated heterocycles. The molecule has 0 radical (unpaired) electrons. The van der Waals surface area contributed by atoms with E-state index in [0.29, 0.717) is 19.4 Å². The number of aryl methyl sites for hydroxylation is 2. The summed E-state index contributed by atoms with van der Waals surface area (Å²) in [6, 6.07) is 41.4. The van der Waals surface area contributed by atoms with E-state index in [9.17, 15) is 24.0 Å². The topological polar surface area (TPSA) is 164 Å². The van der Waals surface area contributed by atoms with E-state index < -0.39 is 35.9 Å². The van der Waals surface area contributed by atoms with Crippen LogP contribution in [0.4, 0.5) is 21.0 Å². The van der Waals surface area contributed by atoms with Crippen molar-refractivity contribution in [3.05, 3.63) is 167 Å². The zero-order chi connectivity index (χ0) is 40.1. The smallest absolute Gasteiger partial charge is 0.408 e. The molecule has 0 aliphatic carbocycles. The molecule has 0 aromatic heterocycles. The van der Waals surface area contributed by atoms with Crippen molar-refractivity contribution in [2.24, 2.45) is 0 Å². The molecule has 0 fully saturated rings. The number of carbonyl (C=O) groups excluding carboxylic acids is 5. The Morgan fingerprint density at radius 1 is 0.526 bits per heavy atom. The summed E-state index contributed by atoms with van der Waals surface area (Å²) in [5, 5.41) is 13.8. The Kier molecular flexibility index (Phi) is 16.2. The van der Waals surface area contributed by atoms with E-state index in [1.807, 2.05) is 121 Å². The van der Waals surface area contributed by atoms with Crippen molar-refractivity contribution >= 4 is 41.3 Å². The SMILES string of the molecule is O=C(CCNC(=O)OCc1ccccc1)Nc1cc(NC(=O)[C@H](CCc2ccccc2)NC(=O)OCc2ccccc2)cc(C(=O)NCCCc2ccccc2)c1. The van der Waals surface area contributed by atoms with Crippen LogP contribution >= 0.6 is 0 Å². The molecule has 12 nitrogen and oxygen atoms in total. The van der Waals surface area contributed by atoms with Gasteiger partial charge in [0.25, 0.3) is 5.91 Å². The van der Waals surface area contributed by atoms with Gasteiger partial charge in [-0.05, 0) is 66.1 Å². The lowest BCUT2D eigenvalue weighted by atomic mass is 10.0. The van der Waals surface area contributed by atoms with Crippen molar-refractivity contribution < 1.29 is 33.4 Å². The number of hydrogen-bond acceptors (Lipinski definition) is 7. The molecule has 12 heteroatoms. The van der Waals surface area contributed by atoms with Crippen LogP contribution in [0.5, 0.6) is 0 Å². The Balaban J connectivity index is 1.24. The minimum Gasteiger partial charge on any atom is -0.445 e. The Hall–Kier alpha value is -6.95. The van der Waals surface area contributed by atoms with Crippen LogP contribution in [0.25, 0.3) is 0 Å². The van der Waals surface area contributed by atoms with Crippen LogP contribution in [-0.2, 0) is 45.1 Å². The fourth-order valence-corrected chi connectivity index (χ4v) is 5.78. The first-order valence-corrected chi connectivity index (χ1v) is 18.8. The molecule has 0 heterocycles. The summed E-state index contributed by atoms with van der Waals surface area (Å²) in [7, 11) is 0. The third-order valence-corrected chi connectivity index (χ3v) is 8.74. The van der Waals surface area contributed by atoms with Gasteiger partial charge in [-0.1, -0.05) is 121 Å². The highest BCUT2D eigenvalue weighted by Crippen LogP contribution is 2.21. The van der Waals surface area contributed by atoms with Gasteiger partial charge in [-0.3, -0.25) is 14.4 Å². The number of benzene rings is 5. The lowest BCUT2D eigenvalue weighted by Crippen LogP contribution is -2.44. The Bertz CT molecular complexity index is 2050. The number of amides is 5. The molecule has 294 valence electrons. The summed E-state index contributed by atoms with van der Waals surface area (Å²) in [5.74, 6) is -1.39. The van der Waals surface area contributed by atoms with Crippen LogP contribution in [0.1, 0.15) is 51.9 Å². The van der Waals surface area contributed by atoms with Crippen LogP contribution < -0.4 is 26.6 Å². The third-order valence-electron chi connectivity index (χ3n) is 8.74. The van der Waals surface area contributed by atoms with E-state index in [4.69, 9.17) is 9.47 Å². The Morgan fingerprint density at radius 3 is 1.61 bits per heavy atom. The first-order valence-electron chi connectivity index (χ1n) is 18.8. The largest absolute Gasteiger partial charge is 0.445 e. The van der Waals surface area contributed by atoms with Gasteiger partial charge < -0.3 is 36.1 Å². The maximum atomic E-state index is 13.8. The summed E-state index contributed by atoms with van der Waals surface area (Å²) in [6.45, 7) is 0.510. The monoisotopic (exact) mass is 769 g/mol. The van der Waals surface area contributed by atoms with E-state index in [2.05, 4.69) is 26.6 Å². The molecule has 0 aliphatic heterocycles. The first-order chi connectivity index (χ1) is 27.8. The highest BCUT2D eigenvalue weighted by molar-refractivity contribution is 6.02. The molecule has 0 bridgehead atoms. The van der Waals surface area contributed by atoms with Gasteiger partial charge in [0.15, 0.2) is 0 Å². The van der Waals surface area contributed by atoms with Crippen LogP contribution in [-0.4, -0.2) is 49.0 Å². The molecule has 5 aromatic carbocycles. The highest BCUT2D eigenvalue weighted by Gasteiger charge is 2.23. The van der Waals surface area contributed by atoms with Gasteiger partial charge in [0, 0.05) is 36.4 Å². The highest BCUT2D eigenvalue weighted by atomic mass is 16.6. The number of carbonyl (C=O) groups is 5. The molecule has 0 saturated carbocycles. The molecule has 0 spiro atoms. The Labute approximate surface area is 332 Å². The second-order valence-corrected chi connectivity index (χ2v) is 13.2. The lowest BCUT2D eigenvalue weighted by Gasteiger charge is -2.19. The van der Waals surface area contributed by atoms with Gasteiger partial charge in [0.05, 0.1) is 0 Å². The molecule has 5 aromatic rings. The van der Waals surface area contributed by atoms with Crippen molar-refractivity contribution in [1.82, 2.24) is 16.0 Å². The number of rotatable bonds is 19. The van der Waals surface area contributed by atoms with Crippen LogP contribution in [0.15, 0.2) is 140 Å². The zero-order valence-corrected chi connectivity index (χ0v) is 31.6. The van der Waals surface area contributed by atoms with E-state index in [0.717, 1.165) is 28.7 Å². The van der Waals surface area contributed by atoms with E-state index in [-0.39, 0.29) is 49.5 Å². The predicted molar refractivity (Wildman–Crippen MR) is 218 cm³/mol. The molecular weight excluding hydrogens is 723 g/mol. The second kappa shape index (κ2) is 22.4. The minimum absolute atomic E-state index is 0.000222. The average molecular weight is 770 g/mol. The fraction of sp³-hybridized carbons (Fsp3) is 0.222. The molecule has 1 atom stereocenters. The van der Waals surface area contributed by atoms with E-state index >= 15 is 0 Å². The van der Waals surface area contributed by atoms with Crippen molar-refractivity contribution in [3.8, 4) is 0 Å². The van der Waals surface area contributed by atoms with Crippen molar-refractivity contribution in [2.45, 2.75) is 51.4 Å². The number of anilines is 2. The summed E-state index contributed by atoms with van der Waals surface area (Å²) in [6.07, 6.45) is 0.696.